The van der Waals surface area contributed by atoms with Gasteiger partial charge in [-0.2, -0.15) is 10.5 Å². The maximum absolute atomic E-state index is 11.2. The fourth-order valence-electron chi connectivity index (χ4n) is 1.43. The minimum absolute atomic E-state index is 0.186. The number of nitrogens with two attached hydrogens (primary N) is 2. The van der Waals surface area contributed by atoms with E-state index in [1.807, 2.05) is 10.9 Å². The van der Waals surface area contributed by atoms with Crippen molar-refractivity contribution < 1.29 is 9.59 Å². The third-order valence-corrected chi connectivity index (χ3v) is 2.64. The molecule has 24 heavy (non-hydrogen) atoms. The fraction of sp³-hybridized carbons (Fsp3) is 0. The van der Waals surface area contributed by atoms with E-state index < -0.39 is 11.8 Å². The normalized spacial score (nSPS) is 10.8. The Morgan fingerprint density at radius 3 is 1.42 bits per heavy atom. The van der Waals surface area contributed by atoms with Crippen LogP contribution in [-0.4, -0.2) is 11.8 Å². The first-order valence-corrected chi connectivity index (χ1v) is 6.41. The van der Waals surface area contributed by atoms with Gasteiger partial charge in [0.15, 0.2) is 0 Å². The molecule has 1 aromatic rings. The first-order chi connectivity index (χ1) is 11.5. The minimum Gasteiger partial charge on any atom is -0.360 e. The number of nitrogens with one attached hydrogen (secondary N) is 4. The Morgan fingerprint density at radius 1 is 0.833 bits per heavy atom. The third-order valence-electron chi connectivity index (χ3n) is 2.64. The van der Waals surface area contributed by atoms with Gasteiger partial charge in [0, 0.05) is 23.8 Å². The molecule has 0 saturated heterocycles. The van der Waals surface area contributed by atoms with E-state index in [9.17, 15) is 9.59 Å². The first kappa shape index (κ1) is 18.2. The van der Waals surface area contributed by atoms with E-state index in [0.29, 0.717) is 11.4 Å². The maximum Gasteiger partial charge on any atom is 0.277 e. The van der Waals surface area contributed by atoms with E-state index >= 15 is 0 Å². The molecule has 8 N–H and O–H groups in total. The number of amides is 2. The molecule has 10 heteroatoms. The van der Waals surface area contributed by atoms with Crippen LogP contribution < -0.4 is 33.2 Å². The van der Waals surface area contributed by atoms with Crippen LogP contribution in [0.3, 0.4) is 0 Å². The summed E-state index contributed by atoms with van der Waals surface area (Å²) in [6.07, 6.45) is 2.42. The van der Waals surface area contributed by atoms with Crippen LogP contribution in [0.5, 0.6) is 0 Å². The Morgan fingerprint density at radius 2 is 1.17 bits per heavy atom. The maximum atomic E-state index is 11.2. The monoisotopic (exact) mass is 326 g/mol. The minimum atomic E-state index is -0.712. The number of hydrazine groups is 2. The standard InChI is InChI=1S/C14H14N8O2/c15-5-9(13(23)21-17)7-19-11-1-2-12(4-3-11)20-8-10(6-16)14(24)22-18/h1-4,7-8,19-20H,17-18H2,(H,21,23)(H,22,24)/b9-7-,10-8+. The summed E-state index contributed by atoms with van der Waals surface area (Å²) >= 11 is 0. The van der Waals surface area contributed by atoms with Crippen molar-refractivity contribution in [2.75, 3.05) is 10.6 Å². The Hall–Kier alpha value is -3.86. The molecular weight excluding hydrogens is 312 g/mol. The molecule has 0 bridgehead atoms. The quantitative estimate of drug-likeness (QED) is 0.130. The van der Waals surface area contributed by atoms with Gasteiger partial charge in [-0.15, -0.1) is 0 Å². The Bertz CT molecular complexity index is 687. The van der Waals surface area contributed by atoms with Crippen molar-refractivity contribution in [3.05, 3.63) is 47.8 Å². The zero-order chi connectivity index (χ0) is 17.9. The third kappa shape index (κ3) is 5.16. The number of nitrogens with zero attached hydrogens (tertiary/aromatic N) is 2. The SMILES string of the molecule is N#C/C(=C/Nc1ccc(N/C=C(\C#N)C(=O)NN)cc1)C(=O)NN. The summed E-state index contributed by atoms with van der Waals surface area (Å²) < 4.78 is 0. The summed E-state index contributed by atoms with van der Waals surface area (Å²) in [4.78, 5) is 22.4. The summed E-state index contributed by atoms with van der Waals surface area (Å²) in [6, 6.07) is 9.99. The number of anilines is 2. The van der Waals surface area contributed by atoms with E-state index in [0.717, 1.165) is 0 Å². The van der Waals surface area contributed by atoms with Crippen LogP contribution in [0.15, 0.2) is 47.8 Å². The predicted octanol–water partition coefficient (Wildman–Crippen LogP) is -0.695. The van der Waals surface area contributed by atoms with Gasteiger partial charge >= 0.3 is 0 Å². The lowest BCUT2D eigenvalue weighted by Crippen LogP contribution is -2.31. The van der Waals surface area contributed by atoms with Crippen LogP contribution in [0, 0.1) is 22.7 Å². The lowest BCUT2D eigenvalue weighted by molar-refractivity contribution is -0.118. The van der Waals surface area contributed by atoms with Crippen LogP contribution in [0.2, 0.25) is 0 Å². The molecule has 2 amide bonds. The van der Waals surface area contributed by atoms with Gasteiger partial charge in [0.25, 0.3) is 11.8 Å². The molecule has 0 atom stereocenters. The highest BCUT2D eigenvalue weighted by molar-refractivity contribution is 5.97. The highest BCUT2D eigenvalue weighted by atomic mass is 16.2. The van der Waals surface area contributed by atoms with Crippen molar-refractivity contribution in [2.45, 2.75) is 0 Å². The van der Waals surface area contributed by atoms with Crippen LogP contribution in [0.1, 0.15) is 0 Å². The number of carbonyl (C=O) groups excluding carboxylic acids is 2. The number of benzene rings is 1. The van der Waals surface area contributed by atoms with Crippen LogP contribution in [0.4, 0.5) is 11.4 Å². The molecule has 0 spiro atoms. The highest BCUT2D eigenvalue weighted by Gasteiger charge is 2.06. The summed E-state index contributed by atoms with van der Waals surface area (Å²) in [5, 5.41) is 23.1. The smallest absolute Gasteiger partial charge is 0.277 e. The van der Waals surface area contributed by atoms with Gasteiger partial charge in [0.05, 0.1) is 0 Å². The van der Waals surface area contributed by atoms with Gasteiger partial charge in [-0.25, -0.2) is 11.7 Å². The zero-order valence-corrected chi connectivity index (χ0v) is 12.3. The van der Waals surface area contributed by atoms with E-state index in [4.69, 9.17) is 22.2 Å². The van der Waals surface area contributed by atoms with Crippen molar-refractivity contribution in [1.29, 1.82) is 10.5 Å². The Kier molecular flexibility index (Phi) is 6.99. The van der Waals surface area contributed by atoms with Gasteiger partial charge in [-0.3, -0.25) is 20.4 Å². The molecule has 0 radical (unpaired) electrons. The molecule has 0 fully saturated rings. The Balaban J connectivity index is 2.77. The van der Waals surface area contributed by atoms with Gasteiger partial charge in [-0.1, -0.05) is 0 Å². The van der Waals surface area contributed by atoms with Gasteiger partial charge in [0.1, 0.15) is 23.3 Å². The van der Waals surface area contributed by atoms with E-state index in [-0.39, 0.29) is 11.1 Å². The second kappa shape index (κ2) is 9.22. The molecule has 0 aliphatic carbocycles. The van der Waals surface area contributed by atoms with Crippen molar-refractivity contribution in [1.82, 2.24) is 10.9 Å². The van der Waals surface area contributed by atoms with Crippen LogP contribution >= 0.6 is 0 Å². The van der Waals surface area contributed by atoms with E-state index in [1.54, 1.807) is 36.4 Å². The van der Waals surface area contributed by atoms with E-state index in [2.05, 4.69) is 10.6 Å². The average molecular weight is 326 g/mol. The molecule has 0 unspecified atom stereocenters. The van der Waals surface area contributed by atoms with Crippen molar-refractivity contribution >= 4 is 23.2 Å². The van der Waals surface area contributed by atoms with Gasteiger partial charge in [0.2, 0.25) is 0 Å². The molecule has 1 aromatic carbocycles. The first-order valence-electron chi connectivity index (χ1n) is 6.41. The molecular formula is C14H14N8O2. The molecule has 0 aliphatic rings. The van der Waals surface area contributed by atoms with Crippen molar-refractivity contribution in [2.24, 2.45) is 11.7 Å². The lowest BCUT2D eigenvalue weighted by atomic mass is 10.2. The molecule has 122 valence electrons. The van der Waals surface area contributed by atoms with Crippen molar-refractivity contribution in [3.63, 3.8) is 0 Å². The number of hydrogen-bond acceptors (Lipinski definition) is 8. The second-order valence-electron chi connectivity index (χ2n) is 4.15. The average Bonchev–Trinajstić information content (AvgIpc) is 2.63. The second-order valence-corrected chi connectivity index (χ2v) is 4.15. The zero-order valence-electron chi connectivity index (χ0n) is 12.3. The summed E-state index contributed by atoms with van der Waals surface area (Å²) in [5.41, 5.74) is 4.53. The molecule has 0 heterocycles. The topological polar surface area (TPSA) is 182 Å². The van der Waals surface area contributed by atoms with Crippen LogP contribution in [0.25, 0.3) is 0 Å². The number of carbonyl (C=O) groups is 2. The van der Waals surface area contributed by atoms with Crippen molar-refractivity contribution in [3.8, 4) is 12.1 Å². The number of nitriles is 2. The fourth-order valence-corrected chi connectivity index (χ4v) is 1.43. The molecule has 10 nitrogen and oxygen atoms in total. The summed E-state index contributed by atoms with van der Waals surface area (Å²) in [5.74, 6) is 8.47. The summed E-state index contributed by atoms with van der Waals surface area (Å²) in [6.45, 7) is 0. The van der Waals surface area contributed by atoms with E-state index in [1.165, 1.54) is 12.4 Å². The molecule has 0 aliphatic heterocycles. The summed E-state index contributed by atoms with van der Waals surface area (Å²) in [7, 11) is 0. The lowest BCUT2D eigenvalue weighted by Gasteiger charge is -2.05. The number of hydrogen-bond donors (Lipinski definition) is 6. The molecule has 0 aromatic heterocycles. The highest BCUT2D eigenvalue weighted by Crippen LogP contribution is 2.14. The van der Waals surface area contributed by atoms with Gasteiger partial charge < -0.3 is 10.6 Å². The predicted molar refractivity (Wildman–Crippen MR) is 85.7 cm³/mol. The Labute approximate surface area is 137 Å². The molecule has 1 rings (SSSR count). The molecule has 0 saturated carbocycles. The van der Waals surface area contributed by atoms with Gasteiger partial charge in [-0.05, 0) is 24.3 Å². The van der Waals surface area contributed by atoms with Crippen LogP contribution in [-0.2, 0) is 9.59 Å². The largest absolute Gasteiger partial charge is 0.360 e. The number of rotatable bonds is 6.